The minimum atomic E-state index is -0.314. The van der Waals surface area contributed by atoms with Crippen molar-refractivity contribution in [2.45, 2.75) is 6.92 Å². The van der Waals surface area contributed by atoms with Crippen molar-refractivity contribution in [2.24, 2.45) is 0 Å². The molecule has 26 heavy (non-hydrogen) atoms. The molecule has 1 heterocycles. The fourth-order valence-corrected chi connectivity index (χ4v) is 3.21. The van der Waals surface area contributed by atoms with Crippen LogP contribution in [-0.4, -0.2) is 16.8 Å². The highest BCUT2D eigenvalue weighted by atomic mass is 35.5. The van der Waals surface area contributed by atoms with Crippen LogP contribution in [0.3, 0.4) is 0 Å². The van der Waals surface area contributed by atoms with Crippen LogP contribution >= 0.6 is 34.5 Å². The first-order valence-electron chi connectivity index (χ1n) is 7.52. The number of carbonyl (C=O) groups excluding carboxylic acids is 2. The van der Waals surface area contributed by atoms with Crippen LogP contribution in [0.1, 0.15) is 17.3 Å². The highest BCUT2D eigenvalue weighted by molar-refractivity contribution is 7.14. The summed E-state index contributed by atoms with van der Waals surface area (Å²) in [5.41, 5.74) is 2.72. The lowest BCUT2D eigenvalue weighted by Crippen LogP contribution is -2.11. The summed E-state index contributed by atoms with van der Waals surface area (Å²) in [4.78, 5) is 27.8. The fourth-order valence-electron chi connectivity index (χ4n) is 2.20. The Balaban J connectivity index is 1.72. The van der Waals surface area contributed by atoms with Crippen LogP contribution in [0.5, 0.6) is 0 Å². The topological polar surface area (TPSA) is 71.1 Å². The van der Waals surface area contributed by atoms with Gasteiger partial charge >= 0.3 is 0 Å². The van der Waals surface area contributed by atoms with E-state index in [0.717, 1.165) is 11.3 Å². The molecule has 0 aliphatic heterocycles. The van der Waals surface area contributed by atoms with Crippen LogP contribution in [0.15, 0.2) is 47.8 Å². The zero-order chi connectivity index (χ0) is 18.7. The van der Waals surface area contributed by atoms with E-state index in [-0.39, 0.29) is 11.8 Å². The van der Waals surface area contributed by atoms with E-state index in [1.54, 1.807) is 24.3 Å². The molecule has 0 bridgehead atoms. The average molecular weight is 406 g/mol. The summed E-state index contributed by atoms with van der Waals surface area (Å²) in [6.07, 6.45) is 0. The van der Waals surface area contributed by atoms with E-state index in [2.05, 4.69) is 15.6 Å². The number of halogens is 2. The summed E-state index contributed by atoms with van der Waals surface area (Å²) in [6.45, 7) is 1.46. The molecular weight excluding hydrogens is 393 g/mol. The van der Waals surface area contributed by atoms with Gasteiger partial charge in [0.25, 0.3) is 5.91 Å². The predicted octanol–water partition coefficient (Wildman–Crippen LogP) is 5.33. The summed E-state index contributed by atoms with van der Waals surface area (Å²) in [7, 11) is 0. The number of nitrogens with zero attached hydrogens (tertiary/aromatic N) is 1. The van der Waals surface area contributed by atoms with Gasteiger partial charge in [0.05, 0.1) is 15.7 Å². The van der Waals surface area contributed by atoms with Gasteiger partial charge in [-0.3, -0.25) is 14.9 Å². The van der Waals surface area contributed by atoms with Crippen molar-refractivity contribution in [3.63, 3.8) is 0 Å². The Morgan fingerprint density at radius 2 is 1.73 bits per heavy atom. The third-order valence-corrected chi connectivity index (χ3v) is 4.90. The van der Waals surface area contributed by atoms with Crippen molar-refractivity contribution < 1.29 is 9.59 Å². The standard InChI is InChI=1S/C18H13Cl2N3O2S/c1-10(24)21-13-5-2-11(3-6-13)16-9-26-18(22-16)23-17(25)12-4-7-14(19)15(20)8-12/h2-9H,1H3,(H,21,24)(H,22,23,25). The Morgan fingerprint density at radius 1 is 1.00 bits per heavy atom. The Labute approximate surface area is 164 Å². The highest BCUT2D eigenvalue weighted by Crippen LogP contribution is 2.27. The van der Waals surface area contributed by atoms with Crippen molar-refractivity contribution in [1.29, 1.82) is 0 Å². The molecule has 0 saturated carbocycles. The number of hydrogen-bond donors (Lipinski definition) is 2. The maximum Gasteiger partial charge on any atom is 0.257 e. The lowest BCUT2D eigenvalue weighted by Gasteiger charge is -2.04. The van der Waals surface area contributed by atoms with Gasteiger partial charge in [0, 0.05) is 29.1 Å². The van der Waals surface area contributed by atoms with Gasteiger partial charge < -0.3 is 5.32 Å². The van der Waals surface area contributed by atoms with Crippen molar-refractivity contribution in [3.8, 4) is 11.3 Å². The van der Waals surface area contributed by atoms with Gasteiger partial charge in [0.2, 0.25) is 5.91 Å². The molecule has 8 heteroatoms. The van der Waals surface area contributed by atoms with Crippen molar-refractivity contribution >= 4 is 57.2 Å². The Hall–Kier alpha value is -2.41. The SMILES string of the molecule is CC(=O)Nc1ccc(-c2csc(NC(=O)c3ccc(Cl)c(Cl)c3)n2)cc1. The number of aromatic nitrogens is 1. The molecule has 1 aromatic heterocycles. The van der Waals surface area contributed by atoms with E-state index in [0.29, 0.717) is 26.4 Å². The summed E-state index contributed by atoms with van der Waals surface area (Å²) < 4.78 is 0. The molecule has 0 aliphatic rings. The minimum absolute atomic E-state index is 0.126. The molecule has 0 radical (unpaired) electrons. The molecule has 5 nitrogen and oxygen atoms in total. The Morgan fingerprint density at radius 3 is 2.38 bits per heavy atom. The van der Waals surface area contributed by atoms with E-state index in [1.165, 1.54) is 24.3 Å². The summed E-state index contributed by atoms with van der Waals surface area (Å²) >= 11 is 13.1. The summed E-state index contributed by atoms with van der Waals surface area (Å²) in [5.74, 6) is -0.441. The zero-order valence-electron chi connectivity index (χ0n) is 13.5. The fraction of sp³-hybridized carbons (Fsp3) is 0.0556. The number of anilines is 2. The lowest BCUT2D eigenvalue weighted by atomic mass is 10.1. The molecule has 0 atom stereocenters. The lowest BCUT2D eigenvalue weighted by molar-refractivity contribution is -0.114. The van der Waals surface area contributed by atoms with Crippen LogP contribution in [0.2, 0.25) is 10.0 Å². The summed E-state index contributed by atoms with van der Waals surface area (Å²) in [6, 6.07) is 12.0. The quantitative estimate of drug-likeness (QED) is 0.616. The number of hydrogen-bond acceptors (Lipinski definition) is 4. The minimum Gasteiger partial charge on any atom is -0.326 e. The van der Waals surface area contributed by atoms with Crippen LogP contribution in [0.4, 0.5) is 10.8 Å². The van der Waals surface area contributed by atoms with Crippen LogP contribution in [-0.2, 0) is 4.79 Å². The number of carbonyl (C=O) groups is 2. The Bertz CT molecular complexity index is 971. The molecular formula is C18H13Cl2N3O2S. The third-order valence-electron chi connectivity index (χ3n) is 3.41. The largest absolute Gasteiger partial charge is 0.326 e. The first kappa shape index (κ1) is 18.4. The number of rotatable bonds is 4. The smallest absolute Gasteiger partial charge is 0.257 e. The molecule has 132 valence electrons. The molecule has 0 fully saturated rings. The number of benzene rings is 2. The Kier molecular flexibility index (Phi) is 5.56. The summed E-state index contributed by atoms with van der Waals surface area (Å²) in [5, 5.41) is 8.48. The normalized spacial score (nSPS) is 10.4. The third kappa shape index (κ3) is 4.40. The van der Waals surface area contributed by atoms with Crippen molar-refractivity contribution in [3.05, 3.63) is 63.5 Å². The zero-order valence-corrected chi connectivity index (χ0v) is 15.9. The van der Waals surface area contributed by atoms with Gasteiger partial charge in [0.1, 0.15) is 0 Å². The van der Waals surface area contributed by atoms with Crippen molar-refractivity contribution in [1.82, 2.24) is 4.98 Å². The van der Waals surface area contributed by atoms with Crippen LogP contribution < -0.4 is 10.6 Å². The van der Waals surface area contributed by atoms with Gasteiger partial charge in [-0.25, -0.2) is 4.98 Å². The molecule has 0 spiro atoms. The van der Waals surface area contributed by atoms with Gasteiger partial charge in [-0.05, 0) is 30.3 Å². The second-order valence-electron chi connectivity index (χ2n) is 5.38. The first-order chi connectivity index (χ1) is 12.4. The molecule has 0 unspecified atom stereocenters. The first-order valence-corrected chi connectivity index (χ1v) is 9.16. The second kappa shape index (κ2) is 7.86. The predicted molar refractivity (Wildman–Crippen MR) is 106 cm³/mol. The van der Waals surface area contributed by atoms with Crippen LogP contribution in [0, 0.1) is 0 Å². The second-order valence-corrected chi connectivity index (χ2v) is 7.05. The van der Waals surface area contributed by atoms with E-state index < -0.39 is 0 Å². The van der Waals surface area contributed by atoms with Gasteiger partial charge in [0.15, 0.2) is 5.13 Å². The van der Waals surface area contributed by atoms with E-state index in [1.807, 2.05) is 17.5 Å². The molecule has 2 aromatic carbocycles. The monoisotopic (exact) mass is 405 g/mol. The number of amides is 2. The molecule has 2 N–H and O–H groups in total. The molecule has 0 saturated heterocycles. The van der Waals surface area contributed by atoms with Gasteiger partial charge in [-0.15, -0.1) is 11.3 Å². The average Bonchev–Trinajstić information content (AvgIpc) is 3.06. The molecule has 3 aromatic rings. The number of nitrogens with one attached hydrogen (secondary N) is 2. The molecule has 0 aliphatic carbocycles. The van der Waals surface area contributed by atoms with Crippen LogP contribution in [0.25, 0.3) is 11.3 Å². The van der Waals surface area contributed by atoms with Gasteiger partial charge in [-0.1, -0.05) is 35.3 Å². The molecule has 3 rings (SSSR count). The highest BCUT2D eigenvalue weighted by Gasteiger charge is 2.11. The van der Waals surface area contributed by atoms with E-state index in [4.69, 9.17) is 23.2 Å². The molecule has 2 amide bonds. The van der Waals surface area contributed by atoms with E-state index in [9.17, 15) is 9.59 Å². The van der Waals surface area contributed by atoms with Gasteiger partial charge in [-0.2, -0.15) is 0 Å². The van der Waals surface area contributed by atoms with Crippen molar-refractivity contribution in [2.75, 3.05) is 10.6 Å². The maximum absolute atomic E-state index is 12.3. The number of thiazole rings is 1. The van der Waals surface area contributed by atoms with E-state index >= 15 is 0 Å². The maximum atomic E-state index is 12.3.